The van der Waals surface area contributed by atoms with Gasteiger partial charge >= 0.3 is 21.7 Å². The molecule has 0 aromatic heterocycles. The fourth-order valence-corrected chi connectivity index (χ4v) is 4.23. The van der Waals surface area contributed by atoms with Crippen LogP contribution >= 0.6 is 24.4 Å². The minimum absolute atomic E-state index is 0. The maximum atomic E-state index is 13.3. The van der Waals surface area contributed by atoms with Crippen molar-refractivity contribution in [2.45, 2.75) is 65.2 Å². The first-order valence-corrected chi connectivity index (χ1v) is 17.2. The largest absolute Gasteiger partial charge is 4.00 e. The molecule has 264 valence electrons. The molecular weight excluding hydrogens is 700 g/mol. The van der Waals surface area contributed by atoms with Crippen molar-refractivity contribution in [3.8, 4) is 0 Å². The minimum atomic E-state index is -0.666. The number of hydrogen-bond acceptors (Lipinski definition) is 2. The zero-order chi connectivity index (χ0) is 35.2. The van der Waals surface area contributed by atoms with Gasteiger partial charge in [-0.05, 0) is 50.1 Å². The summed E-state index contributed by atoms with van der Waals surface area (Å²) in [4.78, 5) is 0. The molecule has 49 heavy (non-hydrogen) atoms. The normalized spacial score (nSPS) is 9.59. The molecule has 0 aliphatic rings. The molecule has 0 saturated heterocycles. The van der Waals surface area contributed by atoms with E-state index in [9.17, 15) is 17.6 Å². The van der Waals surface area contributed by atoms with E-state index >= 15 is 0 Å². The van der Waals surface area contributed by atoms with Gasteiger partial charge in [0, 0.05) is 49.4 Å². The van der Waals surface area contributed by atoms with Crippen molar-refractivity contribution in [3.05, 3.63) is 131 Å². The molecule has 0 aliphatic carbocycles. The van der Waals surface area contributed by atoms with E-state index in [4.69, 9.17) is 24.4 Å². The van der Waals surface area contributed by atoms with E-state index in [-0.39, 0.29) is 21.7 Å². The van der Waals surface area contributed by atoms with Gasteiger partial charge in [0.15, 0.2) is 10.2 Å². The maximum absolute atomic E-state index is 13.3. The quantitative estimate of drug-likeness (QED) is 0.0341. The fraction of sp³-hybridized carbons (Fsp3) is 0.368. The van der Waals surface area contributed by atoms with Crippen molar-refractivity contribution < 1.29 is 39.3 Å². The van der Waals surface area contributed by atoms with Crippen LogP contribution in [0.3, 0.4) is 0 Å². The molecule has 0 heterocycles. The van der Waals surface area contributed by atoms with Gasteiger partial charge in [-0.15, -0.1) is 35.4 Å². The Morgan fingerprint density at radius 2 is 0.898 bits per heavy atom. The van der Waals surface area contributed by atoms with E-state index in [1.54, 1.807) is 0 Å². The Kier molecular flexibility index (Phi) is 29.0. The van der Waals surface area contributed by atoms with Gasteiger partial charge in [-0.25, -0.2) is 41.8 Å². The molecule has 0 aliphatic heterocycles. The van der Waals surface area contributed by atoms with Crippen LogP contribution in [-0.4, -0.2) is 36.4 Å². The van der Waals surface area contributed by atoms with Gasteiger partial charge in [0.1, 0.15) is 0 Å². The van der Waals surface area contributed by atoms with Gasteiger partial charge in [0.05, 0.1) is 0 Å². The summed E-state index contributed by atoms with van der Waals surface area (Å²) in [5.41, 5.74) is 0.959. The molecule has 0 saturated carbocycles. The van der Waals surface area contributed by atoms with Gasteiger partial charge in [-0.2, -0.15) is 48.5 Å². The average molecular weight is 749 g/mol. The van der Waals surface area contributed by atoms with Crippen molar-refractivity contribution >= 4 is 34.7 Å². The summed E-state index contributed by atoms with van der Waals surface area (Å²) in [6.07, 6.45) is 6.93. The molecule has 4 aromatic rings. The molecule has 0 bridgehead atoms. The van der Waals surface area contributed by atoms with Crippen LogP contribution in [0.15, 0.2) is 84.9 Å². The first-order chi connectivity index (χ1) is 23.3. The average Bonchev–Trinajstić information content (AvgIpc) is 3.84. The number of halogens is 4. The van der Waals surface area contributed by atoms with Crippen LogP contribution in [0, 0.1) is 35.4 Å². The Morgan fingerprint density at radius 3 is 1.16 bits per heavy atom. The SMILES string of the molecule is CCCCNC(=S)NCCCc1ccc(F)[c-]c1F.CCCCNC(=S)NCCCc1ccc(F)[c-]c1F.[Ti+4].c1cc[cH-]c1.c1cc[cH-]c1. The van der Waals surface area contributed by atoms with E-state index in [1.165, 1.54) is 24.3 Å². The Bertz CT molecular complexity index is 1220. The third-order valence-electron chi connectivity index (χ3n) is 6.44. The summed E-state index contributed by atoms with van der Waals surface area (Å²) in [5.74, 6) is -2.55. The van der Waals surface area contributed by atoms with Crippen LogP contribution in [-0.2, 0) is 34.6 Å². The molecule has 0 unspecified atom stereocenters. The van der Waals surface area contributed by atoms with Crippen LogP contribution in [0.4, 0.5) is 17.6 Å². The second kappa shape index (κ2) is 31.0. The predicted octanol–water partition coefficient (Wildman–Crippen LogP) is 8.73. The summed E-state index contributed by atoms with van der Waals surface area (Å²) in [7, 11) is 0. The van der Waals surface area contributed by atoms with Gasteiger partial charge in [0.25, 0.3) is 0 Å². The molecule has 4 aromatic carbocycles. The Balaban J connectivity index is 0.000000717. The Labute approximate surface area is 316 Å². The Hall–Kier alpha value is -3.05. The van der Waals surface area contributed by atoms with Crippen LogP contribution in [0.25, 0.3) is 0 Å². The number of unbranched alkanes of at least 4 members (excludes halogenated alkanes) is 2. The van der Waals surface area contributed by atoms with Crippen LogP contribution in [0.2, 0.25) is 0 Å². The van der Waals surface area contributed by atoms with Gasteiger partial charge < -0.3 is 21.3 Å². The number of benzene rings is 2. The fourth-order valence-electron chi connectivity index (χ4n) is 3.82. The third-order valence-corrected chi connectivity index (χ3v) is 7.02. The zero-order valence-corrected chi connectivity index (χ0v) is 31.6. The second-order valence-electron chi connectivity index (χ2n) is 10.5. The zero-order valence-electron chi connectivity index (χ0n) is 28.4. The van der Waals surface area contributed by atoms with Crippen molar-refractivity contribution in [2.24, 2.45) is 0 Å². The number of thiocarbonyl (C=S) groups is 2. The maximum Gasteiger partial charge on any atom is 4.00 e. The van der Waals surface area contributed by atoms with Crippen molar-refractivity contribution in [1.82, 2.24) is 21.3 Å². The van der Waals surface area contributed by atoms with Crippen molar-refractivity contribution in [1.29, 1.82) is 0 Å². The minimum Gasteiger partial charge on any atom is -0.363 e. The number of hydrogen-bond donors (Lipinski definition) is 4. The van der Waals surface area contributed by atoms with Crippen LogP contribution in [0.1, 0.15) is 63.5 Å². The third kappa shape index (κ3) is 25.6. The van der Waals surface area contributed by atoms with E-state index in [0.717, 1.165) is 51.6 Å². The second-order valence-corrected chi connectivity index (χ2v) is 11.3. The molecule has 11 heteroatoms. The summed E-state index contributed by atoms with van der Waals surface area (Å²) in [6.45, 7) is 7.29. The summed E-state index contributed by atoms with van der Waals surface area (Å²) in [5, 5.41) is 13.5. The van der Waals surface area contributed by atoms with E-state index < -0.39 is 23.3 Å². The molecule has 0 radical (unpaired) electrons. The predicted molar refractivity (Wildman–Crippen MR) is 198 cm³/mol. The van der Waals surface area contributed by atoms with Gasteiger partial charge in [-0.1, -0.05) is 39.5 Å². The van der Waals surface area contributed by atoms with Crippen LogP contribution < -0.4 is 21.3 Å². The van der Waals surface area contributed by atoms with E-state index in [0.29, 0.717) is 47.3 Å². The first kappa shape index (κ1) is 46.0. The molecule has 4 nitrogen and oxygen atoms in total. The van der Waals surface area contributed by atoms with Gasteiger partial charge in [-0.3, -0.25) is 0 Å². The first-order valence-electron chi connectivity index (χ1n) is 16.4. The summed E-state index contributed by atoms with van der Waals surface area (Å²) < 4.78 is 51.9. The van der Waals surface area contributed by atoms with Crippen molar-refractivity contribution in [3.63, 3.8) is 0 Å². The van der Waals surface area contributed by atoms with Gasteiger partial charge in [0.2, 0.25) is 0 Å². The molecule has 4 rings (SSSR count). The number of aryl methyl sites for hydroxylation is 2. The molecule has 0 amide bonds. The topological polar surface area (TPSA) is 48.1 Å². The number of nitrogens with one attached hydrogen (secondary N) is 4. The monoisotopic (exact) mass is 748 g/mol. The molecule has 4 N–H and O–H groups in total. The molecule has 0 fully saturated rings. The molecular formula is C38H48F4N4S2Ti. The van der Waals surface area contributed by atoms with Crippen molar-refractivity contribution in [2.75, 3.05) is 26.2 Å². The van der Waals surface area contributed by atoms with Crippen LogP contribution in [0.5, 0.6) is 0 Å². The summed E-state index contributed by atoms with van der Waals surface area (Å²) in [6, 6.07) is 29.4. The number of rotatable bonds is 14. The molecule has 0 atom stereocenters. The molecule has 0 spiro atoms. The Morgan fingerprint density at radius 1 is 0.571 bits per heavy atom. The summed E-state index contributed by atoms with van der Waals surface area (Å²) >= 11 is 10.2. The smallest absolute Gasteiger partial charge is 0.363 e. The van der Waals surface area contributed by atoms with E-state index in [1.807, 2.05) is 72.8 Å². The standard InChI is InChI=1S/2C14H19F2N2S.2C5H5.Ti/c2*1-2-3-8-17-14(19)18-9-4-5-11-6-7-12(15)10-13(11)16;2*1-2-4-5-3-1;/h2*6-7H,2-5,8-9H2,1H3,(H2,17,18,19);2*1-5H;/q4*-1;+4. The van der Waals surface area contributed by atoms with E-state index in [2.05, 4.69) is 35.1 Å².